The number of ether oxygens (including phenoxy) is 1. The van der Waals surface area contributed by atoms with E-state index in [1.54, 1.807) is 0 Å². The fourth-order valence-electron chi connectivity index (χ4n) is 2.61. The first-order valence-electron chi connectivity index (χ1n) is 7.96. The van der Waals surface area contributed by atoms with E-state index < -0.39 is 0 Å². The van der Waals surface area contributed by atoms with Gasteiger partial charge in [0.05, 0.1) is 0 Å². The molecule has 0 aliphatic heterocycles. The van der Waals surface area contributed by atoms with Crippen molar-refractivity contribution in [3.63, 3.8) is 0 Å². The van der Waals surface area contributed by atoms with Crippen LogP contribution in [0.4, 0.5) is 0 Å². The van der Waals surface area contributed by atoms with Crippen molar-refractivity contribution in [2.45, 2.75) is 50.7 Å². The van der Waals surface area contributed by atoms with E-state index in [4.69, 9.17) is 4.74 Å². The molecule has 1 aromatic rings. The van der Waals surface area contributed by atoms with Gasteiger partial charge in [0.2, 0.25) is 0 Å². The zero-order valence-electron chi connectivity index (χ0n) is 12.5. The first kappa shape index (κ1) is 13.9. The highest BCUT2D eigenvalue weighted by Crippen LogP contribution is 2.23. The summed E-state index contributed by atoms with van der Waals surface area (Å²) in [6.45, 7) is 2.77. The van der Waals surface area contributed by atoms with Crippen LogP contribution in [0.1, 0.15) is 37.7 Å². The fourth-order valence-corrected chi connectivity index (χ4v) is 2.61. The molecule has 2 aliphatic rings. The fraction of sp³-hybridized carbons (Fsp3) is 0.647. The van der Waals surface area contributed by atoms with Gasteiger partial charge in [0.25, 0.3) is 0 Å². The van der Waals surface area contributed by atoms with E-state index in [0.29, 0.717) is 0 Å². The third-order valence-electron chi connectivity index (χ3n) is 4.48. The average molecular weight is 274 g/mol. The second kappa shape index (κ2) is 6.59. The summed E-state index contributed by atoms with van der Waals surface area (Å²) in [7, 11) is 2.21. The Labute approximate surface area is 122 Å². The monoisotopic (exact) mass is 274 g/mol. The van der Waals surface area contributed by atoms with Crippen LogP contribution in [0.25, 0.3) is 0 Å². The van der Waals surface area contributed by atoms with Gasteiger partial charge in [-0.25, -0.2) is 0 Å². The summed E-state index contributed by atoms with van der Waals surface area (Å²) in [5, 5.41) is 3.54. The average Bonchev–Trinajstić information content (AvgIpc) is 3.19. The second-order valence-electron chi connectivity index (χ2n) is 6.22. The van der Waals surface area contributed by atoms with E-state index in [1.807, 2.05) is 0 Å². The van der Waals surface area contributed by atoms with Gasteiger partial charge >= 0.3 is 0 Å². The molecule has 0 aromatic heterocycles. The molecule has 0 heterocycles. The molecule has 0 atom stereocenters. The Morgan fingerprint density at radius 1 is 1.25 bits per heavy atom. The Bertz CT molecular complexity index is 427. The highest BCUT2D eigenvalue weighted by molar-refractivity contribution is 5.28. The summed E-state index contributed by atoms with van der Waals surface area (Å²) in [6.07, 6.45) is 6.79. The van der Waals surface area contributed by atoms with E-state index in [2.05, 4.69) is 41.5 Å². The van der Waals surface area contributed by atoms with Crippen LogP contribution >= 0.6 is 0 Å². The van der Waals surface area contributed by atoms with Crippen molar-refractivity contribution < 1.29 is 4.74 Å². The number of likely N-dealkylation sites (N-methyl/N-ethyl adjacent to an activating group) is 1. The topological polar surface area (TPSA) is 24.5 Å². The van der Waals surface area contributed by atoms with E-state index in [9.17, 15) is 0 Å². The molecule has 3 heteroatoms. The van der Waals surface area contributed by atoms with Gasteiger partial charge in [-0.3, -0.25) is 0 Å². The maximum absolute atomic E-state index is 5.89. The first-order valence-corrected chi connectivity index (χ1v) is 7.96. The zero-order valence-corrected chi connectivity index (χ0v) is 12.5. The summed E-state index contributed by atoms with van der Waals surface area (Å²) >= 11 is 0. The molecule has 2 aliphatic carbocycles. The molecule has 3 nitrogen and oxygen atoms in total. The molecule has 2 fully saturated rings. The van der Waals surface area contributed by atoms with Gasteiger partial charge < -0.3 is 15.0 Å². The van der Waals surface area contributed by atoms with E-state index in [-0.39, 0.29) is 0 Å². The molecule has 0 amide bonds. The van der Waals surface area contributed by atoms with Crippen LogP contribution in [0.5, 0.6) is 5.75 Å². The van der Waals surface area contributed by atoms with Gasteiger partial charge in [0.15, 0.2) is 0 Å². The molecule has 2 saturated carbocycles. The third kappa shape index (κ3) is 3.97. The predicted octanol–water partition coefficient (Wildman–Crippen LogP) is 2.80. The molecule has 110 valence electrons. The summed E-state index contributed by atoms with van der Waals surface area (Å²) < 4.78 is 5.89. The molecular weight excluding hydrogens is 248 g/mol. The minimum absolute atomic E-state index is 0.760. The van der Waals surface area contributed by atoms with Crippen LogP contribution in [-0.2, 0) is 6.54 Å². The van der Waals surface area contributed by atoms with Crippen LogP contribution in [0.2, 0.25) is 0 Å². The highest BCUT2D eigenvalue weighted by Gasteiger charge is 2.21. The molecule has 1 aromatic carbocycles. The number of nitrogens with one attached hydrogen (secondary N) is 1. The molecule has 0 radical (unpaired) electrons. The summed E-state index contributed by atoms with van der Waals surface area (Å²) in [4.78, 5) is 2.43. The first-order chi connectivity index (χ1) is 9.81. The Balaban J connectivity index is 1.40. The summed E-state index contributed by atoms with van der Waals surface area (Å²) in [5.41, 5.74) is 1.32. The van der Waals surface area contributed by atoms with Gasteiger partial charge in [-0.15, -0.1) is 0 Å². The maximum atomic E-state index is 5.89. The number of hydrogen-bond donors (Lipinski definition) is 1. The lowest BCUT2D eigenvalue weighted by Gasteiger charge is -2.34. The third-order valence-corrected chi connectivity index (χ3v) is 4.48. The molecule has 0 bridgehead atoms. The molecular formula is C17H26N2O. The van der Waals surface area contributed by atoms with Gasteiger partial charge in [-0.1, -0.05) is 18.6 Å². The van der Waals surface area contributed by atoms with Crippen LogP contribution < -0.4 is 10.1 Å². The van der Waals surface area contributed by atoms with E-state index in [1.165, 1.54) is 37.7 Å². The van der Waals surface area contributed by atoms with Crippen LogP contribution in [0.15, 0.2) is 24.3 Å². The minimum atomic E-state index is 0.760. The van der Waals surface area contributed by atoms with Crippen molar-refractivity contribution in [1.29, 1.82) is 0 Å². The molecule has 0 spiro atoms. The van der Waals surface area contributed by atoms with Crippen LogP contribution in [0, 0.1) is 0 Å². The Morgan fingerprint density at radius 3 is 2.80 bits per heavy atom. The van der Waals surface area contributed by atoms with Crippen molar-refractivity contribution in [2.75, 3.05) is 20.2 Å². The van der Waals surface area contributed by atoms with Crippen LogP contribution in [-0.4, -0.2) is 37.2 Å². The minimum Gasteiger partial charge on any atom is -0.492 e. The molecule has 3 rings (SSSR count). The molecule has 1 N–H and O–H groups in total. The molecule has 0 saturated heterocycles. The standard InChI is InChI=1S/C17H26N2O/c1-19(16-5-3-6-16)10-11-20-17-7-2-4-14(12-17)13-18-15-8-9-15/h2,4,7,12,15-16,18H,3,5-6,8-11,13H2,1H3. The number of rotatable bonds is 8. The largest absolute Gasteiger partial charge is 0.492 e. The van der Waals surface area contributed by atoms with E-state index >= 15 is 0 Å². The lowest BCUT2D eigenvalue weighted by molar-refractivity contribution is 0.135. The van der Waals surface area contributed by atoms with Crippen LogP contribution in [0.3, 0.4) is 0 Å². The van der Waals surface area contributed by atoms with Gasteiger partial charge in [0.1, 0.15) is 12.4 Å². The maximum Gasteiger partial charge on any atom is 0.119 e. The Hall–Kier alpha value is -1.06. The van der Waals surface area contributed by atoms with Crippen molar-refractivity contribution >= 4 is 0 Å². The Morgan fingerprint density at radius 2 is 2.10 bits per heavy atom. The number of hydrogen-bond acceptors (Lipinski definition) is 3. The second-order valence-corrected chi connectivity index (χ2v) is 6.22. The molecule has 0 unspecified atom stereocenters. The van der Waals surface area contributed by atoms with Crippen molar-refractivity contribution in [2.24, 2.45) is 0 Å². The SMILES string of the molecule is CN(CCOc1cccc(CNC2CC2)c1)C1CCC1. The van der Waals surface area contributed by atoms with Gasteiger partial charge in [0, 0.05) is 25.2 Å². The zero-order chi connectivity index (χ0) is 13.8. The van der Waals surface area contributed by atoms with Crippen molar-refractivity contribution in [3.05, 3.63) is 29.8 Å². The van der Waals surface area contributed by atoms with E-state index in [0.717, 1.165) is 37.5 Å². The summed E-state index contributed by atoms with van der Waals surface area (Å²) in [6, 6.07) is 10.0. The summed E-state index contributed by atoms with van der Waals surface area (Å²) in [5.74, 6) is 1.00. The highest BCUT2D eigenvalue weighted by atomic mass is 16.5. The quantitative estimate of drug-likeness (QED) is 0.789. The number of nitrogens with zero attached hydrogens (tertiary/aromatic N) is 1. The van der Waals surface area contributed by atoms with Crippen molar-refractivity contribution in [1.82, 2.24) is 10.2 Å². The van der Waals surface area contributed by atoms with Gasteiger partial charge in [-0.2, -0.15) is 0 Å². The van der Waals surface area contributed by atoms with Gasteiger partial charge in [-0.05, 0) is 50.4 Å². The normalized spacial score (nSPS) is 19.1. The van der Waals surface area contributed by atoms with Crippen molar-refractivity contribution in [3.8, 4) is 5.75 Å². The lowest BCUT2D eigenvalue weighted by atomic mass is 9.92. The molecule has 20 heavy (non-hydrogen) atoms. The smallest absolute Gasteiger partial charge is 0.119 e. The number of benzene rings is 1. The lowest BCUT2D eigenvalue weighted by Crippen LogP contribution is -2.39. The predicted molar refractivity (Wildman–Crippen MR) is 82.1 cm³/mol. The Kier molecular flexibility index (Phi) is 4.58.